The molecular weight excluding hydrogens is 202 g/mol. The fourth-order valence-corrected chi connectivity index (χ4v) is 1.07. The zero-order chi connectivity index (χ0) is 10.4. The Labute approximate surface area is 83.1 Å². The van der Waals surface area contributed by atoms with Crippen molar-refractivity contribution in [2.75, 3.05) is 0 Å². The third kappa shape index (κ3) is 4.64. The number of rotatable bonds is 4. The van der Waals surface area contributed by atoms with Crippen LogP contribution in [-0.4, -0.2) is 8.42 Å². The van der Waals surface area contributed by atoms with Gasteiger partial charge in [-0.05, 0) is 5.56 Å². The summed E-state index contributed by atoms with van der Waals surface area (Å²) in [6, 6.07) is 9.41. The Morgan fingerprint density at radius 3 is 2.50 bits per heavy atom. The molecule has 1 rings (SSSR count). The molecule has 0 fully saturated rings. The minimum atomic E-state index is -3.58. The zero-order valence-electron chi connectivity index (χ0n) is 7.46. The van der Waals surface area contributed by atoms with Crippen molar-refractivity contribution in [3.8, 4) is 0 Å². The van der Waals surface area contributed by atoms with Crippen LogP contribution in [0.4, 0.5) is 0 Å². The summed E-state index contributed by atoms with van der Waals surface area (Å²) in [4.78, 5) is 0. The third-order valence-electron chi connectivity index (χ3n) is 1.43. The molecule has 0 aliphatic carbocycles. The van der Waals surface area contributed by atoms with Crippen molar-refractivity contribution in [1.29, 1.82) is 0 Å². The van der Waals surface area contributed by atoms with Crippen LogP contribution in [0.2, 0.25) is 0 Å². The maximum Gasteiger partial charge on any atom is 0.234 e. The van der Waals surface area contributed by atoms with Crippen LogP contribution in [0.25, 0.3) is 0 Å². The van der Waals surface area contributed by atoms with E-state index in [-0.39, 0.29) is 0 Å². The highest BCUT2D eigenvalue weighted by atomic mass is 32.2. The normalized spacial score (nSPS) is 11.8. The molecule has 2 N–H and O–H groups in total. The molecule has 0 amide bonds. The Kier molecular flexibility index (Phi) is 3.67. The van der Waals surface area contributed by atoms with E-state index < -0.39 is 10.0 Å². The van der Waals surface area contributed by atoms with Crippen molar-refractivity contribution in [2.45, 2.75) is 6.61 Å². The number of hydrogen-bond donors (Lipinski definition) is 1. The molecule has 0 atom stereocenters. The first-order valence-corrected chi connectivity index (χ1v) is 5.54. The molecule has 0 saturated heterocycles. The van der Waals surface area contributed by atoms with Crippen molar-refractivity contribution in [1.82, 2.24) is 0 Å². The summed E-state index contributed by atoms with van der Waals surface area (Å²) in [5, 5.41) is 5.54. The molecule has 0 saturated carbocycles. The van der Waals surface area contributed by atoms with Crippen LogP contribution in [-0.2, 0) is 21.4 Å². The summed E-state index contributed by atoms with van der Waals surface area (Å²) in [5.41, 5.74) is 0.964. The van der Waals surface area contributed by atoms with Gasteiger partial charge in [0.05, 0.1) is 11.7 Å². The van der Waals surface area contributed by atoms with Crippen LogP contribution in [0.15, 0.2) is 42.0 Å². The Bertz CT molecular complexity index is 397. The van der Waals surface area contributed by atoms with E-state index in [1.54, 1.807) is 0 Å². The lowest BCUT2D eigenvalue weighted by Crippen LogP contribution is -2.07. The first-order valence-electron chi connectivity index (χ1n) is 3.93. The van der Waals surface area contributed by atoms with Crippen LogP contribution in [0.1, 0.15) is 5.56 Å². The Hall–Kier alpha value is -1.33. The topological polar surface area (TPSA) is 69.4 Å². The molecule has 5 heteroatoms. The lowest BCUT2D eigenvalue weighted by Gasteiger charge is -1.99. The summed E-state index contributed by atoms with van der Waals surface area (Å²) in [6.45, 7) is 0.326. The summed E-state index contributed by atoms with van der Waals surface area (Å²) in [6.07, 6.45) is 1.07. The van der Waals surface area contributed by atoms with E-state index in [1.807, 2.05) is 30.3 Å². The van der Waals surface area contributed by atoms with Gasteiger partial charge in [0, 0.05) is 0 Å². The first-order chi connectivity index (χ1) is 6.58. The molecule has 0 heterocycles. The van der Waals surface area contributed by atoms with Gasteiger partial charge in [0.25, 0.3) is 0 Å². The highest BCUT2D eigenvalue weighted by molar-refractivity contribution is 7.92. The van der Waals surface area contributed by atoms with Gasteiger partial charge < -0.3 is 4.74 Å². The Balaban J connectivity index is 2.40. The van der Waals surface area contributed by atoms with Crippen LogP contribution < -0.4 is 5.14 Å². The van der Waals surface area contributed by atoms with E-state index in [4.69, 9.17) is 9.88 Å². The first kappa shape index (κ1) is 10.7. The second-order valence-electron chi connectivity index (χ2n) is 2.66. The van der Waals surface area contributed by atoms with E-state index in [0.29, 0.717) is 6.61 Å². The van der Waals surface area contributed by atoms with Crippen molar-refractivity contribution in [2.24, 2.45) is 5.14 Å². The van der Waals surface area contributed by atoms with Gasteiger partial charge in [0.15, 0.2) is 0 Å². The lowest BCUT2D eigenvalue weighted by molar-refractivity contribution is 0.237. The highest BCUT2D eigenvalue weighted by Gasteiger charge is 1.93. The van der Waals surface area contributed by atoms with Crippen molar-refractivity contribution in [3.05, 3.63) is 47.6 Å². The number of nitrogens with two attached hydrogens (primary N) is 1. The number of primary sulfonamides is 1. The number of ether oxygens (including phenoxy) is 1. The minimum Gasteiger partial charge on any atom is -0.496 e. The molecule has 0 bridgehead atoms. The van der Waals surface area contributed by atoms with Crippen LogP contribution in [0.5, 0.6) is 0 Å². The maximum absolute atomic E-state index is 10.5. The predicted octanol–water partition coefficient (Wildman–Crippen LogP) is 0.963. The van der Waals surface area contributed by atoms with Gasteiger partial charge in [0.1, 0.15) is 6.61 Å². The molecule has 0 spiro atoms. The molecule has 0 unspecified atom stereocenters. The van der Waals surface area contributed by atoms with Crippen LogP contribution in [0.3, 0.4) is 0 Å². The molecule has 1 aromatic carbocycles. The van der Waals surface area contributed by atoms with E-state index in [2.05, 4.69) is 0 Å². The number of benzene rings is 1. The smallest absolute Gasteiger partial charge is 0.234 e. The number of sulfonamides is 1. The van der Waals surface area contributed by atoms with Gasteiger partial charge >= 0.3 is 0 Å². The predicted molar refractivity (Wildman–Crippen MR) is 53.5 cm³/mol. The van der Waals surface area contributed by atoms with Crippen molar-refractivity contribution in [3.63, 3.8) is 0 Å². The summed E-state index contributed by atoms with van der Waals surface area (Å²) in [5.74, 6) is 0. The second-order valence-corrected chi connectivity index (χ2v) is 4.11. The molecule has 1 aromatic rings. The van der Waals surface area contributed by atoms with E-state index in [9.17, 15) is 8.42 Å². The average molecular weight is 213 g/mol. The highest BCUT2D eigenvalue weighted by Crippen LogP contribution is 2.00. The molecular formula is C9H11NO3S. The van der Waals surface area contributed by atoms with Crippen molar-refractivity contribution >= 4 is 10.0 Å². The van der Waals surface area contributed by atoms with E-state index >= 15 is 0 Å². The largest absolute Gasteiger partial charge is 0.496 e. The van der Waals surface area contributed by atoms with Gasteiger partial charge in [-0.15, -0.1) is 0 Å². The van der Waals surface area contributed by atoms with Gasteiger partial charge in [-0.1, -0.05) is 30.3 Å². The van der Waals surface area contributed by atoms with Crippen molar-refractivity contribution < 1.29 is 13.2 Å². The molecule has 0 aliphatic rings. The summed E-state index contributed by atoms with van der Waals surface area (Å²) in [7, 11) is -3.58. The molecule has 14 heavy (non-hydrogen) atoms. The molecule has 4 nitrogen and oxygen atoms in total. The summed E-state index contributed by atoms with van der Waals surface area (Å²) < 4.78 is 25.9. The summed E-state index contributed by atoms with van der Waals surface area (Å²) >= 11 is 0. The van der Waals surface area contributed by atoms with E-state index in [0.717, 1.165) is 17.2 Å². The maximum atomic E-state index is 10.5. The Morgan fingerprint density at radius 2 is 1.93 bits per heavy atom. The number of hydrogen-bond acceptors (Lipinski definition) is 3. The average Bonchev–Trinajstić information content (AvgIpc) is 2.13. The third-order valence-corrected chi connectivity index (χ3v) is 1.92. The van der Waals surface area contributed by atoms with Gasteiger partial charge in [-0.2, -0.15) is 0 Å². The van der Waals surface area contributed by atoms with Crippen LogP contribution in [0, 0.1) is 0 Å². The monoisotopic (exact) mass is 213 g/mol. The second kappa shape index (κ2) is 4.78. The minimum absolute atomic E-state index is 0.326. The van der Waals surface area contributed by atoms with Gasteiger partial charge in [-0.25, -0.2) is 13.6 Å². The van der Waals surface area contributed by atoms with Crippen LogP contribution >= 0.6 is 0 Å². The van der Waals surface area contributed by atoms with Gasteiger partial charge in [0.2, 0.25) is 10.0 Å². The molecule has 0 aliphatic heterocycles. The fourth-order valence-electron chi connectivity index (χ4n) is 0.835. The van der Waals surface area contributed by atoms with E-state index in [1.165, 1.54) is 0 Å². The van der Waals surface area contributed by atoms with Gasteiger partial charge in [-0.3, -0.25) is 0 Å². The molecule has 0 aromatic heterocycles. The molecule has 0 radical (unpaired) electrons. The standard InChI is InChI=1S/C9H11NO3S/c10-14(11,12)7-6-13-8-9-4-2-1-3-5-9/h1-7H,8H2,(H2,10,11,12)/b7-6+. The lowest BCUT2D eigenvalue weighted by atomic mass is 10.2. The fraction of sp³-hybridized carbons (Fsp3) is 0.111. The molecule has 76 valence electrons. The zero-order valence-corrected chi connectivity index (χ0v) is 8.28. The quantitative estimate of drug-likeness (QED) is 0.757. The Morgan fingerprint density at radius 1 is 1.29 bits per heavy atom. The SMILES string of the molecule is NS(=O)(=O)/C=C/OCc1ccccc1.